The highest BCUT2D eigenvalue weighted by Gasteiger charge is 2.28. The molecule has 3 rings (SSSR count). The van der Waals surface area contributed by atoms with Crippen molar-refractivity contribution in [1.82, 2.24) is 13.7 Å². The van der Waals surface area contributed by atoms with Crippen LogP contribution in [0.5, 0.6) is 0 Å². The van der Waals surface area contributed by atoms with Gasteiger partial charge in [-0.25, -0.2) is 0 Å². The van der Waals surface area contributed by atoms with Crippen LogP contribution in [0.3, 0.4) is 0 Å². The van der Waals surface area contributed by atoms with Crippen LogP contribution in [0.15, 0.2) is 48.8 Å². The second-order valence-corrected chi connectivity index (χ2v) is 15.2. The first-order chi connectivity index (χ1) is 16.7. The van der Waals surface area contributed by atoms with Crippen LogP contribution < -0.4 is 0 Å². The Hall–Kier alpha value is -1.87. The lowest BCUT2D eigenvalue weighted by atomic mass is 10.3. The van der Waals surface area contributed by atoms with E-state index >= 15 is 0 Å². The van der Waals surface area contributed by atoms with Gasteiger partial charge in [-0.1, -0.05) is 0 Å². The zero-order chi connectivity index (χ0) is 26.6. The molecule has 0 saturated carbocycles. The Labute approximate surface area is 211 Å². The molecule has 0 atom stereocenters. The van der Waals surface area contributed by atoms with Gasteiger partial charge in [-0.05, 0) is 55.7 Å². The van der Waals surface area contributed by atoms with Gasteiger partial charge in [-0.15, -0.1) is 0 Å². The van der Waals surface area contributed by atoms with Gasteiger partial charge >= 0.3 is 26.4 Å². The van der Waals surface area contributed by atoms with Crippen molar-refractivity contribution in [2.75, 3.05) is 0 Å². The first-order valence-corrected chi connectivity index (χ1v) is 17.9. The largest absolute Gasteiger partial charge is 0.492 e. The van der Waals surface area contributed by atoms with Crippen molar-refractivity contribution < 1.29 is 43.2 Å². The molecule has 3 aromatic rings. The Morgan fingerprint density at radius 2 is 0.833 bits per heavy atom. The van der Waals surface area contributed by atoms with E-state index in [0.29, 0.717) is 38.9 Å². The molecular formula is C21H35N3O9Si3. The monoisotopic (exact) mass is 557 g/mol. The summed E-state index contributed by atoms with van der Waals surface area (Å²) < 4.78 is 5.88. The maximum Gasteiger partial charge on any atom is 0.492 e. The average Bonchev–Trinajstić information content (AvgIpc) is 3.44. The lowest BCUT2D eigenvalue weighted by molar-refractivity contribution is 0.223. The summed E-state index contributed by atoms with van der Waals surface area (Å²) in [5.41, 5.74) is 3.35. The maximum absolute atomic E-state index is 9.48. The van der Waals surface area contributed by atoms with Crippen LogP contribution in [-0.4, -0.2) is 83.3 Å². The SMILES string of the molecule is O[Si](O)(O)CCCn1cccc1-c1ccc(-c2cccn2CCC[Si](O)(O)O)n1CCC[Si](O)(O)O. The molecule has 0 aliphatic carbocycles. The first kappa shape index (κ1) is 28.7. The standard InChI is InChI=1S/C21H35N3O9Si3/c25-34(26,27)15-3-12-22-10-1-6-18(22)20-8-9-21(24(20)14-5-17-36(31,32)33)19-7-2-11-23(19)13-4-16-35(28,29)30/h1-2,6-11,25-33H,3-5,12-17H2. The second-order valence-electron chi connectivity index (χ2n) is 9.06. The molecule has 0 amide bonds. The molecule has 0 fully saturated rings. The van der Waals surface area contributed by atoms with E-state index in [9.17, 15) is 43.2 Å². The van der Waals surface area contributed by atoms with Gasteiger partial charge in [0.05, 0.1) is 22.8 Å². The molecule has 0 saturated heterocycles. The molecule has 0 aliphatic rings. The number of hydrogen-bond acceptors (Lipinski definition) is 9. The molecule has 0 aromatic carbocycles. The van der Waals surface area contributed by atoms with Gasteiger partial charge in [0.25, 0.3) is 0 Å². The van der Waals surface area contributed by atoms with E-state index in [0.717, 1.165) is 22.8 Å². The minimum atomic E-state index is -4.21. The summed E-state index contributed by atoms with van der Waals surface area (Å²) in [5.74, 6) is 0. The van der Waals surface area contributed by atoms with E-state index < -0.39 is 26.4 Å². The minimum absolute atomic E-state index is 0.0831. The average molecular weight is 558 g/mol. The molecule has 15 heteroatoms. The predicted octanol–water partition coefficient (Wildman–Crippen LogP) is -0.657. The predicted molar refractivity (Wildman–Crippen MR) is 137 cm³/mol. The van der Waals surface area contributed by atoms with E-state index in [1.54, 1.807) is 0 Å². The number of rotatable bonds is 14. The van der Waals surface area contributed by atoms with Gasteiger partial charge in [0, 0.05) is 50.2 Å². The summed E-state index contributed by atoms with van der Waals surface area (Å²) >= 11 is 0. The molecule has 0 spiro atoms. The molecule has 36 heavy (non-hydrogen) atoms. The second kappa shape index (κ2) is 11.7. The molecular weight excluding hydrogens is 523 g/mol. The lowest BCUT2D eigenvalue weighted by Gasteiger charge is -2.18. The van der Waals surface area contributed by atoms with Crippen LogP contribution in [0.4, 0.5) is 0 Å². The van der Waals surface area contributed by atoms with Crippen molar-refractivity contribution in [3.05, 3.63) is 48.8 Å². The van der Waals surface area contributed by atoms with E-state index in [1.165, 1.54) is 0 Å². The summed E-state index contributed by atoms with van der Waals surface area (Å²) in [4.78, 5) is 84.4. The van der Waals surface area contributed by atoms with Crippen molar-refractivity contribution >= 4 is 26.4 Å². The molecule has 12 nitrogen and oxygen atoms in total. The van der Waals surface area contributed by atoms with Crippen LogP contribution in [0.1, 0.15) is 19.3 Å². The summed E-state index contributed by atoms with van der Waals surface area (Å²) in [6, 6.07) is 11.1. The zero-order valence-electron chi connectivity index (χ0n) is 19.8. The van der Waals surface area contributed by atoms with E-state index in [4.69, 9.17) is 0 Å². The van der Waals surface area contributed by atoms with Gasteiger partial charge in [-0.2, -0.15) is 0 Å². The van der Waals surface area contributed by atoms with Crippen molar-refractivity contribution in [2.45, 2.75) is 57.0 Å². The van der Waals surface area contributed by atoms with Gasteiger partial charge < -0.3 is 56.9 Å². The van der Waals surface area contributed by atoms with E-state index in [1.807, 2.05) is 62.5 Å². The highest BCUT2D eigenvalue weighted by atomic mass is 28.4. The van der Waals surface area contributed by atoms with Gasteiger partial charge in [0.2, 0.25) is 0 Å². The molecule has 0 bridgehead atoms. The molecule has 0 unspecified atom stereocenters. The van der Waals surface area contributed by atoms with Crippen LogP contribution in [-0.2, 0) is 19.6 Å². The fraction of sp³-hybridized carbons (Fsp3) is 0.429. The molecule has 3 heterocycles. The Kier molecular flexibility index (Phi) is 9.31. The Bertz CT molecular complexity index is 1030. The summed E-state index contributed by atoms with van der Waals surface area (Å²) in [6.07, 6.45) is 4.76. The normalized spacial score (nSPS) is 13.0. The molecule has 0 radical (unpaired) electrons. The first-order valence-electron chi connectivity index (χ1n) is 11.8. The number of aryl methyl sites for hydroxylation is 2. The third kappa shape index (κ3) is 8.61. The Balaban J connectivity index is 1.90. The summed E-state index contributed by atoms with van der Waals surface area (Å²) in [6.45, 7) is 1.28. The zero-order valence-corrected chi connectivity index (χ0v) is 22.8. The van der Waals surface area contributed by atoms with Crippen molar-refractivity contribution in [2.24, 2.45) is 0 Å². The van der Waals surface area contributed by atoms with E-state index in [2.05, 4.69) is 0 Å². The topological polar surface area (TPSA) is 197 Å². The molecule has 200 valence electrons. The van der Waals surface area contributed by atoms with Gasteiger partial charge in [0.1, 0.15) is 0 Å². The number of hydrogen-bond donors (Lipinski definition) is 9. The molecule has 0 aliphatic heterocycles. The van der Waals surface area contributed by atoms with Crippen molar-refractivity contribution in [3.8, 4) is 22.8 Å². The van der Waals surface area contributed by atoms with Crippen molar-refractivity contribution in [3.63, 3.8) is 0 Å². The number of nitrogens with zero attached hydrogens (tertiary/aromatic N) is 3. The smallest absolute Gasteiger partial charge is 0.390 e. The van der Waals surface area contributed by atoms with Crippen molar-refractivity contribution in [1.29, 1.82) is 0 Å². The fourth-order valence-corrected chi connectivity index (χ4v) is 6.18. The van der Waals surface area contributed by atoms with Crippen LogP contribution in [0, 0.1) is 0 Å². The number of aromatic nitrogens is 3. The quantitative estimate of drug-likeness (QED) is 0.116. The maximum atomic E-state index is 9.48. The third-order valence-electron chi connectivity index (χ3n) is 5.88. The van der Waals surface area contributed by atoms with Gasteiger partial charge in [-0.3, -0.25) is 0 Å². The Morgan fingerprint density at radius 1 is 0.472 bits per heavy atom. The summed E-state index contributed by atoms with van der Waals surface area (Å²) in [7, 11) is -12.5. The minimum Gasteiger partial charge on any atom is -0.390 e. The summed E-state index contributed by atoms with van der Waals surface area (Å²) in [5, 5.41) is 0. The Morgan fingerprint density at radius 3 is 1.19 bits per heavy atom. The molecule has 3 aromatic heterocycles. The highest BCUT2D eigenvalue weighted by molar-refractivity contribution is 6.56. The van der Waals surface area contributed by atoms with Crippen LogP contribution in [0.25, 0.3) is 22.8 Å². The van der Waals surface area contributed by atoms with Crippen LogP contribution in [0.2, 0.25) is 18.1 Å². The molecule has 9 N–H and O–H groups in total. The third-order valence-corrected chi connectivity index (χ3v) is 8.95. The van der Waals surface area contributed by atoms with Crippen LogP contribution >= 0.6 is 0 Å². The lowest BCUT2D eigenvalue weighted by Crippen LogP contribution is -2.34. The highest BCUT2D eigenvalue weighted by Crippen LogP contribution is 2.31. The van der Waals surface area contributed by atoms with Gasteiger partial charge in [0.15, 0.2) is 0 Å². The van der Waals surface area contributed by atoms with E-state index in [-0.39, 0.29) is 18.1 Å². The fourth-order valence-electron chi connectivity index (χ4n) is 4.29.